The first-order valence-corrected chi connectivity index (χ1v) is 6.74. The zero-order chi connectivity index (χ0) is 13.7. The van der Waals surface area contributed by atoms with E-state index in [2.05, 4.69) is 4.90 Å². The van der Waals surface area contributed by atoms with E-state index in [9.17, 15) is 4.79 Å². The Kier molecular flexibility index (Phi) is 4.93. The minimum absolute atomic E-state index is 0.153. The molecule has 0 aromatic heterocycles. The van der Waals surface area contributed by atoms with Gasteiger partial charge in [0.15, 0.2) is 5.78 Å². The largest absolute Gasteiger partial charge is 0.494 e. The van der Waals surface area contributed by atoms with Crippen molar-refractivity contribution in [2.45, 2.75) is 19.4 Å². The summed E-state index contributed by atoms with van der Waals surface area (Å²) in [6.07, 6.45) is 1.28. The molecule has 0 radical (unpaired) electrons. The third kappa shape index (κ3) is 3.78. The topological polar surface area (TPSA) is 38.8 Å². The third-order valence-corrected chi connectivity index (χ3v) is 3.42. The molecule has 1 fully saturated rings. The van der Waals surface area contributed by atoms with E-state index in [1.807, 2.05) is 31.2 Å². The molecule has 19 heavy (non-hydrogen) atoms. The van der Waals surface area contributed by atoms with Gasteiger partial charge in [-0.2, -0.15) is 0 Å². The minimum atomic E-state index is 0.153. The predicted molar refractivity (Wildman–Crippen MR) is 73.8 cm³/mol. The normalized spacial score (nSPS) is 19.6. The smallest absolute Gasteiger partial charge is 0.176 e. The highest BCUT2D eigenvalue weighted by Gasteiger charge is 2.23. The van der Waals surface area contributed by atoms with Gasteiger partial charge in [0.05, 0.1) is 19.3 Å². The molecular formula is C15H21NO3. The molecule has 0 spiro atoms. The van der Waals surface area contributed by atoms with Gasteiger partial charge in [-0.15, -0.1) is 0 Å². The number of hydrogen-bond acceptors (Lipinski definition) is 4. The summed E-state index contributed by atoms with van der Waals surface area (Å²) in [6.45, 7) is 4.83. The first-order chi connectivity index (χ1) is 9.22. The Labute approximate surface area is 114 Å². The Hall–Kier alpha value is -1.39. The van der Waals surface area contributed by atoms with Crippen LogP contribution in [-0.4, -0.2) is 50.1 Å². The summed E-state index contributed by atoms with van der Waals surface area (Å²) in [7, 11) is 1.72. The highest BCUT2D eigenvalue weighted by molar-refractivity contribution is 5.97. The van der Waals surface area contributed by atoms with E-state index in [-0.39, 0.29) is 11.9 Å². The number of benzene rings is 1. The molecule has 0 aliphatic carbocycles. The van der Waals surface area contributed by atoms with Gasteiger partial charge in [0, 0.05) is 25.8 Å². The Morgan fingerprint density at radius 3 is 2.68 bits per heavy atom. The van der Waals surface area contributed by atoms with Crippen molar-refractivity contribution in [3.63, 3.8) is 0 Å². The van der Waals surface area contributed by atoms with Crippen LogP contribution in [0.2, 0.25) is 0 Å². The van der Waals surface area contributed by atoms with Crippen LogP contribution in [0.4, 0.5) is 0 Å². The van der Waals surface area contributed by atoms with Crippen LogP contribution in [0.3, 0.4) is 0 Å². The van der Waals surface area contributed by atoms with Crippen molar-refractivity contribution in [1.82, 2.24) is 4.90 Å². The molecule has 1 aromatic carbocycles. The van der Waals surface area contributed by atoms with E-state index >= 15 is 0 Å². The van der Waals surface area contributed by atoms with E-state index in [1.165, 1.54) is 0 Å². The van der Waals surface area contributed by atoms with Gasteiger partial charge in [0.25, 0.3) is 0 Å². The average molecular weight is 263 g/mol. The summed E-state index contributed by atoms with van der Waals surface area (Å²) >= 11 is 0. The number of ether oxygens (including phenoxy) is 2. The maximum absolute atomic E-state index is 12.1. The van der Waals surface area contributed by atoms with Crippen LogP contribution < -0.4 is 4.74 Å². The average Bonchev–Trinajstić information content (AvgIpc) is 2.87. The van der Waals surface area contributed by atoms with Crippen molar-refractivity contribution in [2.75, 3.05) is 33.4 Å². The summed E-state index contributed by atoms with van der Waals surface area (Å²) in [5.74, 6) is 0.958. The second-order valence-corrected chi connectivity index (χ2v) is 4.76. The van der Waals surface area contributed by atoms with Gasteiger partial charge in [0.1, 0.15) is 5.75 Å². The molecule has 0 saturated carbocycles. The van der Waals surface area contributed by atoms with Crippen molar-refractivity contribution >= 4 is 5.78 Å². The first kappa shape index (κ1) is 14.0. The van der Waals surface area contributed by atoms with Crippen LogP contribution in [0.1, 0.15) is 23.7 Å². The second-order valence-electron chi connectivity index (χ2n) is 4.76. The lowest BCUT2D eigenvalue weighted by Gasteiger charge is -2.14. The van der Waals surface area contributed by atoms with Gasteiger partial charge < -0.3 is 9.47 Å². The van der Waals surface area contributed by atoms with Crippen LogP contribution in [-0.2, 0) is 4.74 Å². The maximum Gasteiger partial charge on any atom is 0.176 e. The van der Waals surface area contributed by atoms with Gasteiger partial charge in [-0.25, -0.2) is 0 Å². The zero-order valence-electron chi connectivity index (χ0n) is 11.6. The fourth-order valence-corrected chi connectivity index (χ4v) is 2.33. The molecule has 104 valence electrons. The Bertz CT molecular complexity index is 416. The van der Waals surface area contributed by atoms with E-state index in [4.69, 9.17) is 9.47 Å². The number of hydrogen-bond donors (Lipinski definition) is 0. The third-order valence-electron chi connectivity index (χ3n) is 3.42. The first-order valence-electron chi connectivity index (χ1n) is 6.74. The molecule has 0 N–H and O–H groups in total. The molecule has 0 bridgehead atoms. The summed E-state index contributed by atoms with van der Waals surface area (Å²) in [5, 5.41) is 0. The number of carbonyl (C=O) groups excluding carboxylic acids is 1. The lowest BCUT2D eigenvalue weighted by molar-refractivity contribution is 0.0899. The molecule has 1 atom stereocenters. The maximum atomic E-state index is 12.1. The number of methoxy groups -OCH3 is 1. The van der Waals surface area contributed by atoms with Crippen molar-refractivity contribution in [1.29, 1.82) is 0 Å². The molecule has 1 aliphatic heterocycles. The minimum Gasteiger partial charge on any atom is -0.494 e. The molecule has 2 rings (SSSR count). The molecule has 0 amide bonds. The number of ketones is 1. The van der Waals surface area contributed by atoms with Crippen LogP contribution in [0.5, 0.6) is 5.75 Å². The van der Waals surface area contributed by atoms with Gasteiger partial charge in [-0.1, -0.05) is 0 Å². The summed E-state index contributed by atoms with van der Waals surface area (Å²) < 4.78 is 10.7. The second kappa shape index (κ2) is 6.68. The Balaban J connectivity index is 1.89. The van der Waals surface area contributed by atoms with E-state index in [0.29, 0.717) is 13.2 Å². The lowest BCUT2D eigenvalue weighted by Crippen LogP contribution is -2.29. The van der Waals surface area contributed by atoms with Crippen LogP contribution >= 0.6 is 0 Å². The summed E-state index contributed by atoms with van der Waals surface area (Å²) in [6, 6.07) is 7.35. The molecule has 4 nitrogen and oxygen atoms in total. The molecule has 1 unspecified atom stereocenters. The van der Waals surface area contributed by atoms with Gasteiger partial charge >= 0.3 is 0 Å². The van der Waals surface area contributed by atoms with Crippen LogP contribution in [0, 0.1) is 0 Å². The number of likely N-dealkylation sites (tertiary alicyclic amines) is 1. The SMILES string of the molecule is CCOc1ccc(C(=O)CN2CCC(OC)C2)cc1. The van der Waals surface area contributed by atoms with E-state index in [0.717, 1.165) is 30.8 Å². The lowest BCUT2D eigenvalue weighted by atomic mass is 10.1. The van der Waals surface area contributed by atoms with E-state index in [1.54, 1.807) is 7.11 Å². The van der Waals surface area contributed by atoms with Crippen molar-refractivity contribution in [2.24, 2.45) is 0 Å². The number of nitrogens with zero attached hydrogens (tertiary/aromatic N) is 1. The molecule has 1 aliphatic rings. The molecule has 4 heteroatoms. The van der Waals surface area contributed by atoms with Gasteiger partial charge in [-0.3, -0.25) is 9.69 Å². The highest BCUT2D eigenvalue weighted by Crippen LogP contribution is 2.15. The van der Waals surface area contributed by atoms with Crippen molar-refractivity contribution in [3.8, 4) is 5.75 Å². The summed E-state index contributed by atoms with van der Waals surface area (Å²) in [5.41, 5.74) is 0.740. The zero-order valence-corrected chi connectivity index (χ0v) is 11.6. The van der Waals surface area contributed by atoms with Crippen molar-refractivity contribution < 1.29 is 14.3 Å². The standard InChI is InChI=1S/C15H21NO3/c1-3-19-13-6-4-12(5-7-13)15(17)11-16-9-8-14(10-16)18-2/h4-7,14H,3,8-11H2,1-2H3. The summed E-state index contributed by atoms with van der Waals surface area (Å²) in [4.78, 5) is 14.3. The molecule has 1 heterocycles. The number of carbonyl (C=O) groups is 1. The fourth-order valence-electron chi connectivity index (χ4n) is 2.33. The van der Waals surface area contributed by atoms with Gasteiger partial charge in [-0.05, 0) is 37.6 Å². The number of rotatable bonds is 6. The quantitative estimate of drug-likeness (QED) is 0.736. The van der Waals surface area contributed by atoms with Crippen molar-refractivity contribution in [3.05, 3.63) is 29.8 Å². The van der Waals surface area contributed by atoms with Gasteiger partial charge in [0.2, 0.25) is 0 Å². The van der Waals surface area contributed by atoms with E-state index < -0.39 is 0 Å². The Morgan fingerprint density at radius 2 is 2.11 bits per heavy atom. The molecular weight excluding hydrogens is 242 g/mol. The predicted octanol–water partition coefficient (Wildman–Crippen LogP) is 1.99. The van der Waals surface area contributed by atoms with Crippen LogP contribution in [0.15, 0.2) is 24.3 Å². The number of Topliss-reactive ketones (excluding diaryl/α,β-unsaturated/α-hetero) is 1. The molecule has 1 aromatic rings. The highest BCUT2D eigenvalue weighted by atomic mass is 16.5. The molecule has 1 saturated heterocycles. The Morgan fingerprint density at radius 1 is 1.37 bits per heavy atom. The van der Waals surface area contributed by atoms with Crippen LogP contribution in [0.25, 0.3) is 0 Å². The fraction of sp³-hybridized carbons (Fsp3) is 0.533. The monoisotopic (exact) mass is 263 g/mol.